The molecule has 2 nitrogen and oxygen atoms in total. The normalized spacial score (nSPS) is 18.8. The maximum atomic E-state index is 4.25. The summed E-state index contributed by atoms with van der Waals surface area (Å²) in [6.45, 7) is 6.07. The summed E-state index contributed by atoms with van der Waals surface area (Å²) < 4.78 is 0. The Balaban J connectivity index is 1.41. The van der Waals surface area contributed by atoms with Crippen molar-refractivity contribution >= 4 is 12.4 Å². The number of rotatable bonds is 13. The number of hydrogen-bond donors (Lipinski definition) is 0. The molecule has 2 aromatic carbocycles. The highest BCUT2D eigenvalue weighted by atomic mass is 15.2. The first-order valence-electron chi connectivity index (χ1n) is 13.1. The van der Waals surface area contributed by atoms with Crippen LogP contribution < -0.4 is 0 Å². The van der Waals surface area contributed by atoms with Crippen LogP contribution in [0.1, 0.15) is 106 Å². The fraction of sp³-hybridized carbons (Fsp3) is 0.484. The highest BCUT2D eigenvalue weighted by Crippen LogP contribution is 2.37. The average Bonchev–Trinajstić information content (AvgIpc) is 2.86. The summed E-state index contributed by atoms with van der Waals surface area (Å²) in [5, 5.41) is 8.48. The summed E-state index contributed by atoms with van der Waals surface area (Å²) in [7, 11) is 0. The first-order chi connectivity index (χ1) is 16.3. The Bertz CT molecular complexity index is 853. The van der Waals surface area contributed by atoms with E-state index in [1.54, 1.807) is 0 Å². The predicted octanol–water partition coefficient (Wildman–Crippen LogP) is 8.89. The quantitative estimate of drug-likeness (QED) is 0.128. The molecule has 0 aromatic heterocycles. The SMILES string of the molecule is C=CCCCc1ccc(/C=N/N=C/c2ccc(C3CCC(CCCCCC)CC3)cc2)cc1. The number of allylic oxidation sites excluding steroid dienone is 1. The zero-order valence-corrected chi connectivity index (χ0v) is 20.6. The van der Waals surface area contributed by atoms with Gasteiger partial charge >= 0.3 is 0 Å². The van der Waals surface area contributed by atoms with Crippen LogP contribution in [0.5, 0.6) is 0 Å². The summed E-state index contributed by atoms with van der Waals surface area (Å²) in [6, 6.07) is 17.5. The number of benzene rings is 2. The minimum Gasteiger partial charge on any atom is -0.159 e. The van der Waals surface area contributed by atoms with Gasteiger partial charge in [-0.25, -0.2) is 0 Å². The van der Waals surface area contributed by atoms with E-state index in [0.717, 1.165) is 42.2 Å². The van der Waals surface area contributed by atoms with Gasteiger partial charge in [0, 0.05) is 0 Å². The van der Waals surface area contributed by atoms with Gasteiger partial charge in [-0.3, -0.25) is 0 Å². The maximum absolute atomic E-state index is 4.25. The van der Waals surface area contributed by atoms with Crippen molar-refractivity contribution in [3.8, 4) is 0 Å². The summed E-state index contributed by atoms with van der Waals surface area (Å²) in [4.78, 5) is 0. The molecule has 0 aliphatic heterocycles. The molecule has 0 N–H and O–H groups in total. The Morgan fingerprint density at radius 3 is 2.03 bits per heavy atom. The maximum Gasteiger partial charge on any atom is 0.0568 e. The molecule has 0 amide bonds. The molecule has 176 valence electrons. The molecule has 0 saturated heterocycles. The molecule has 0 spiro atoms. The van der Waals surface area contributed by atoms with Crippen LogP contribution in [-0.4, -0.2) is 12.4 Å². The molecule has 1 aliphatic rings. The van der Waals surface area contributed by atoms with Crippen molar-refractivity contribution in [2.75, 3.05) is 0 Å². The van der Waals surface area contributed by atoms with Crippen LogP contribution in [0, 0.1) is 5.92 Å². The molecular formula is C31H42N2. The molecule has 0 heterocycles. The van der Waals surface area contributed by atoms with Crippen LogP contribution in [0.4, 0.5) is 0 Å². The standard InChI is InChI=1S/C31H42N2/c1-3-5-7-9-11-27-16-20-30(21-17-27)31-22-18-29(19-23-31)25-33-32-24-28-14-12-26(13-15-28)10-8-6-4-2/h4,12-15,18-19,22-25,27,30H,2-3,5-11,16-17,20-21H2,1H3/b32-24+,33-25+. The van der Waals surface area contributed by atoms with Crippen LogP contribution in [0.2, 0.25) is 0 Å². The first kappa shape index (κ1) is 25.1. The molecule has 33 heavy (non-hydrogen) atoms. The molecule has 1 fully saturated rings. The van der Waals surface area contributed by atoms with Gasteiger partial charge in [0.25, 0.3) is 0 Å². The third kappa shape index (κ3) is 9.12. The van der Waals surface area contributed by atoms with Crippen LogP contribution >= 0.6 is 0 Å². The molecule has 3 rings (SSSR count). The number of hydrogen-bond acceptors (Lipinski definition) is 2. The molecule has 0 unspecified atom stereocenters. The predicted molar refractivity (Wildman–Crippen MR) is 145 cm³/mol. The van der Waals surface area contributed by atoms with Gasteiger partial charge in [0.05, 0.1) is 12.4 Å². The van der Waals surface area contributed by atoms with Crippen molar-refractivity contribution in [1.82, 2.24) is 0 Å². The average molecular weight is 443 g/mol. The second-order valence-corrected chi connectivity index (χ2v) is 9.65. The lowest BCUT2D eigenvalue weighted by Gasteiger charge is -2.29. The van der Waals surface area contributed by atoms with E-state index in [2.05, 4.69) is 72.2 Å². The molecule has 0 radical (unpaired) electrons. The Labute approximate surface area is 201 Å². The van der Waals surface area contributed by atoms with E-state index in [4.69, 9.17) is 0 Å². The Kier molecular flexibility index (Phi) is 11.1. The molecule has 0 atom stereocenters. The fourth-order valence-electron chi connectivity index (χ4n) is 4.92. The van der Waals surface area contributed by atoms with Crippen LogP contribution in [0.15, 0.2) is 71.4 Å². The van der Waals surface area contributed by atoms with Crippen molar-refractivity contribution in [3.63, 3.8) is 0 Å². The van der Waals surface area contributed by atoms with Gasteiger partial charge < -0.3 is 0 Å². The smallest absolute Gasteiger partial charge is 0.0568 e. The second-order valence-electron chi connectivity index (χ2n) is 9.65. The van der Waals surface area contributed by atoms with E-state index >= 15 is 0 Å². The fourth-order valence-corrected chi connectivity index (χ4v) is 4.92. The van der Waals surface area contributed by atoms with Gasteiger partial charge in [-0.1, -0.05) is 93.6 Å². The summed E-state index contributed by atoms with van der Waals surface area (Å²) >= 11 is 0. The second kappa shape index (κ2) is 14.6. The zero-order chi connectivity index (χ0) is 23.1. The minimum absolute atomic E-state index is 0.737. The summed E-state index contributed by atoms with van der Waals surface area (Å²) in [5.41, 5.74) is 5.04. The topological polar surface area (TPSA) is 24.7 Å². The van der Waals surface area contributed by atoms with E-state index in [0.29, 0.717) is 0 Å². The van der Waals surface area contributed by atoms with E-state index < -0.39 is 0 Å². The largest absolute Gasteiger partial charge is 0.159 e. The van der Waals surface area contributed by atoms with E-state index in [1.165, 1.54) is 68.9 Å². The van der Waals surface area contributed by atoms with Crippen molar-refractivity contribution in [2.24, 2.45) is 16.1 Å². The molecule has 2 aromatic rings. The van der Waals surface area contributed by atoms with Gasteiger partial charge in [-0.05, 0) is 79.0 Å². The Morgan fingerprint density at radius 2 is 1.42 bits per heavy atom. The van der Waals surface area contributed by atoms with Gasteiger partial charge in [-0.15, -0.1) is 6.58 Å². The lowest BCUT2D eigenvalue weighted by molar-refractivity contribution is 0.302. The van der Waals surface area contributed by atoms with E-state index in [1.807, 2.05) is 18.5 Å². The number of aryl methyl sites for hydroxylation is 1. The van der Waals surface area contributed by atoms with Gasteiger partial charge in [0.15, 0.2) is 0 Å². The van der Waals surface area contributed by atoms with Gasteiger partial charge in [-0.2, -0.15) is 10.2 Å². The van der Waals surface area contributed by atoms with Crippen LogP contribution in [-0.2, 0) is 6.42 Å². The molecule has 0 bridgehead atoms. The molecule has 2 heteroatoms. The third-order valence-corrected chi connectivity index (χ3v) is 7.05. The molecular weight excluding hydrogens is 400 g/mol. The number of nitrogens with zero attached hydrogens (tertiary/aromatic N) is 2. The highest BCUT2D eigenvalue weighted by Gasteiger charge is 2.21. The lowest BCUT2D eigenvalue weighted by atomic mass is 9.77. The first-order valence-corrected chi connectivity index (χ1v) is 13.1. The monoisotopic (exact) mass is 442 g/mol. The molecule has 1 aliphatic carbocycles. The molecule has 1 saturated carbocycles. The van der Waals surface area contributed by atoms with Crippen molar-refractivity contribution in [2.45, 2.75) is 89.9 Å². The highest BCUT2D eigenvalue weighted by molar-refractivity contribution is 5.82. The summed E-state index contributed by atoms with van der Waals surface area (Å²) in [6.07, 6.45) is 21.5. The van der Waals surface area contributed by atoms with Crippen molar-refractivity contribution < 1.29 is 0 Å². The van der Waals surface area contributed by atoms with Crippen molar-refractivity contribution in [3.05, 3.63) is 83.4 Å². The Morgan fingerprint density at radius 1 is 0.788 bits per heavy atom. The summed E-state index contributed by atoms with van der Waals surface area (Å²) in [5.74, 6) is 1.71. The van der Waals surface area contributed by atoms with E-state index in [-0.39, 0.29) is 0 Å². The van der Waals surface area contributed by atoms with Crippen LogP contribution in [0.3, 0.4) is 0 Å². The zero-order valence-electron chi connectivity index (χ0n) is 20.6. The third-order valence-electron chi connectivity index (χ3n) is 7.05. The van der Waals surface area contributed by atoms with Gasteiger partial charge in [0.1, 0.15) is 0 Å². The van der Waals surface area contributed by atoms with Crippen LogP contribution in [0.25, 0.3) is 0 Å². The van der Waals surface area contributed by atoms with Crippen molar-refractivity contribution in [1.29, 1.82) is 0 Å². The minimum atomic E-state index is 0.737. The van der Waals surface area contributed by atoms with Gasteiger partial charge in [0.2, 0.25) is 0 Å². The Hall–Kier alpha value is -2.48. The lowest BCUT2D eigenvalue weighted by Crippen LogP contribution is -2.13. The van der Waals surface area contributed by atoms with E-state index in [9.17, 15) is 0 Å². The number of unbranched alkanes of at least 4 members (excludes halogenated alkanes) is 4.